The van der Waals surface area contributed by atoms with E-state index in [0.29, 0.717) is 6.54 Å². The first-order chi connectivity index (χ1) is 12.3. The van der Waals surface area contributed by atoms with E-state index < -0.39 is 0 Å². The van der Waals surface area contributed by atoms with Crippen molar-refractivity contribution in [3.63, 3.8) is 0 Å². The summed E-state index contributed by atoms with van der Waals surface area (Å²) in [6, 6.07) is 10.2. The van der Waals surface area contributed by atoms with Gasteiger partial charge in [0.15, 0.2) is 5.96 Å². The molecule has 6 nitrogen and oxygen atoms in total. The topological polar surface area (TPSA) is 63.5 Å². The van der Waals surface area contributed by atoms with Crippen molar-refractivity contribution in [3.05, 3.63) is 48.3 Å². The van der Waals surface area contributed by atoms with Crippen LogP contribution in [-0.2, 0) is 11.3 Å². The summed E-state index contributed by atoms with van der Waals surface area (Å²) in [5.74, 6) is 1.64. The first kappa shape index (κ1) is 20.7. The summed E-state index contributed by atoms with van der Waals surface area (Å²) in [6.07, 6.45) is 7.40. The first-order valence-corrected chi connectivity index (χ1v) is 8.96. The van der Waals surface area contributed by atoms with E-state index in [4.69, 9.17) is 4.74 Å². The number of nitrogens with one attached hydrogen (secondary N) is 2. The van der Waals surface area contributed by atoms with Gasteiger partial charge in [0.1, 0.15) is 0 Å². The van der Waals surface area contributed by atoms with Crippen LogP contribution >= 0.6 is 24.0 Å². The second-order valence-corrected chi connectivity index (χ2v) is 6.34. The average Bonchev–Trinajstić information content (AvgIpc) is 3.30. The average molecular weight is 469 g/mol. The number of ether oxygens (including phenoxy) is 1. The summed E-state index contributed by atoms with van der Waals surface area (Å²) in [5.41, 5.74) is 2.24. The summed E-state index contributed by atoms with van der Waals surface area (Å²) >= 11 is 0. The molecule has 3 rings (SSSR count). The maximum atomic E-state index is 5.64. The maximum Gasteiger partial charge on any atom is 0.191 e. The third-order valence-corrected chi connectivity index (χ3v) is 4.17. The normalized spacial score (nSPS) is 14.0. The van der Waals surface area contributed by atoms with Gasteiger partial charge in [0.2, 0.25) is 0 Å². The number of hydrogen-bond acceptors (Lipinski definition) is 3. The number of guanidine groups is 1. The van der Waals surface area contributed by atoms with Crippen molar-refractivity contribution in [1.82, 2.24) is 20.4 Å². The first-order valence-electron chi connectivity index (χ1n) is 8.96. The van der Waals surface area contributed by atoms with Crippen molar-refractivity contribution in [2.24, 2.45) is 10.9 Å². The fraction of sp³-hybridized carbons (Fsp3) is 0.474. The number of benzene rings is 1. The van der Waals surface area contributed by atoms with E-state index in [0.717, 1.165) is 43.7 Å². The Bertz CT molecular complexity index is 670. The molecule has 2 aromatic rings. The number of hydrogen-bond donors (Lipinski definition) is 2. The highest BCUT2D eigenvalue weighted by Crippen LogP contribution is 2.28. The van der Waals surface area contributed by atoms with Gasteiger partial charge in [0, 0.05) is 45.7 Å². The van der Waals surface area contributed by atoms with Crippen LogP contribution in [0.15, 0.2) is 47.7 Å². The monoisotopic (exact) mass is 469 g/mol. The molecule has 0 saturated heterocycles. The number of rotatable bonds is 9. The van der Waals surface area contributed by atoms with Gasteiger partial charge in [0.25, 0.3) is 0 Å². The van der Waals surface area contributed by atoms with Gasteiger partial charge in [-0.25, -0.2) is 4.68 Å². The molecule has 26 heavy (non-hydrogen) atoms. The highest BCUT2D eigenvalue weighted by Gasteiger charge is 2.20. The van der Waals surface area contributed by atoms with Gasteiger partial charge in [-0.15, -0.1) is 24.0 Å². The largest absolute Gasteiger partial charge is 0.381 e. The Morgan fingerprint density at radius 2 is 2.19 bits per heavy atom. The van der Waals surface area contributed by atoms with Crippen LogP contribution in [-0.4, -0.2) is 42.5 Å². The summed E-state index contributed by atoms with van der Waals surface area (Å²) in [4.78, 5) is 4.27. The molecule has 1 aliphatic carbocycles. The molecular formula is C19H28IN5O. The molecule has 0 amide bonds. The fourth-order valence-electron chi connectivity index (χ4n) is 2.55. The van der Waals surface area contributed by atoms with E-state index >= 15 is 0 Å². The molecule has 1 aliphatic rings. The van der Waals surface area contributed by atoms with Gasteiger partial charge < -0.3 is 15.4 Å². The third kappa shape index (κ3) is 6.95. The van der Waals surface area contributed by atoms with Gasteiger partial charge in [-0.2, -0.15) is 5.10 Å². The van der Waals surface area contributed by atoms with Crippen molar-refractivity contribution < 1.29 is 4.74 Å². The maximum absolute atomic E-state index is 5.64. The highest BCUT2D eigenvalue weighted by molar-refractivity contribution is 14.0. The van der Waals surface area contributed by atoms with Gasteiger partial charge >= 0.3 is 0 Å². The molecular weight excluding hydrogens is 441 g/mol. The zero-order valence-electron chi connectivity index (χ0n) is 15.2. The van der Waals surface area contributed by atoms with E-state index in [9.17, 15) is 0 Å². The zero-order chi connectivity index (χ0) is 17.3. The molecule has 0 radical (unpaired) electrons. The lowest BCUT2D eigenvalue weighted by Gasteiger charge is -2.12. The molecule has 0 aliphatic heterocycles. The van der Waals surface area contributed by atoms with Crippen molar-refractivity contribution in [3.8, 4) is 5.69 Å². The molecule has 0 spiro atoms. The summed E-state index contributed by atoms with van der Waals surface area (Å²) in [7, 11) is 1.79. The van der Waals surface area contributed by atoms with E-state index in [-0.39, 0.29) is 24.0 Å². The highest BCUT2D eigenvalue weighted by atomic mass is 127. The minimum atomic E-state index is 0. The van der Waals surface area contributed by atoms with Crippen LogP contribution in [0.1, 0.15) is 24.8 Å². The summed E-state index contributed by atoms with van der Waals surface area (Å²) < 4.78 is 7.50. The van der Waals surface area contributed by atoms with Crippen molar-refractivity contribution >= 4 is 29.9 Å². The standard InChI is InChI=1S/C19H27N5O.HI/c1-20-19(21-9-4-12-25-15-16-7-8-16)22-14-17-5-2-6-18(13-17)24-11-3-10-23-24;/h2-3,5-6,10-11,13,16H,4,7-9,12,14-15H2,1H3,(H2,20,21,22);1H. The smallest absolute Gasteiger partial charge is 0.191 e. The molecule has 0 bridgehead atoms. The molecule has 1 saturated carbocycles. The third-order valence-electron chi connectivity index (χ3n) is 4.17. The number of aromatic nitrogens is 2. The van der Waals surface area contributed by atoms with Crippen LogP contribution in [0.2, 0.25) is 0 Å². The molecule has 0 atom stereocenters. The number of halogens is 1. The lowest BCUT2D eigenvalue weighted by molar-refractivity contribution is 0.123. The number of nitrogens with zero attached hydrogens (tertiary/aromatic N) is 3. The van der Waals surface area contributed by atoms with Gasteiger partial charge in [-0.1, -0.05) is 12.1 Å². The van der Waals surface area contributed by atoms with Crippen LogP contribution in [0.5, 0.6) is 0 Å². The SMILES string of the molecule is CN=C(NCCCOCC1CC1)NCc1cccc(-n2cccn2)c1.I. The second kappa shape index (κ2) is 11.2. The zero-order valence-corrected chi connectivity index (χ0v) is 17.6. The van der Waals surface area contributed by atoms with E-state index in [1.807, 2.05) is 29.1 Å². The molecule has 1 aromatic carbocycles. The summed E-state index contributed by atoms with van der Waals surface area (Å²) in [5, 5.41) is 10.9. The van der Waals surface area contributed by atoms with E-state index in [2.05, 4.69) is 32.9 Å². The Kier molecular flexibility index (Phi) is 8.90. The lowest BCUT2D eigenvalue weighted by Crippen LogP contribution is -2.37. The number of aliphatic imine (C=N–C) groups is 1. The van der Waals surface area contributed by atoms with Gasteiger partial charge in [0.05, 0.1) is 5.69 Å². The molecule has 1 heterocycles. The fourth-order valence-corrected chi connectivity index (χ4v) is 2.55. The van der Waals surface area contributed by atoms with Crippen LogP contribution in [0.3, 0.4) is 0 Å². The molecule has 2 N–H and O–H groups in total. The Morgan fingerprint density at radius 3 is 2.92 bits per heavy atom. The van der Waals surface area contributed by atoms with Crippen LogP contribution < -0.4 is 10.6 Å². The minimum Gasteiger partial charge on any atom is -0.381 e. The predicted octanol–water partition coefficient (Wildman–Crippen LogP) is 2.97. The van der Waals surface area contributed by atoms with E-state index in [1.165, 1.54) is 18.4 Å². The van der Waals surface area contributed by atoms with Crippen LogP contribution in [0.4, 0.5) is 0 Å². The van der Waals surface area contributed by atoms with Crippen LogP contribution in [0, 0.1) is 5.92 Å². The minimum absolute atomic E-state index is 0. The Morgan fingerprint density at radius 1 is 1.31 bits per heavy atom. The van der Waals surface area contributed by atoms with Gasteiger partial charge in [-0.3, -0.25) is 4.99 Å². The quantitative estimate of drug-likeness (QED) is 0.257. The van der Waals surface area contributed by atoms with Crippen molar-refractivity contribution in [1.29, 1.82) is 0 Å². The van der Waals surface area contributed by atoms with Gasteiger partial charge in [-0.05, 0) is 48.9 Å². The molecule has 7 heteroatoms. The lowest BCUT2D eigenvalue weighted by atomic mass is 10.2. The second-order valence-electron chi connectivity index (χ2n) is 6.34. The Hall–Kier alpha value is -1.61. The van der Waals surface area contributed by atoms with E-state index in [1.54, 1.807) is 13.2 Å². The Labute approximate surface area is 172 Å². The van der Waals surface area contributed by atoms with Crippen LogP contribution in [0.25, 0.3) is 5.69 Å². The molecule has 1 fully saturated rings. The molecule has 0 unspecified atom stereocenters. The van der Waals surface area contributed by atoms with Crippen molar-refractivity contribution in [2.45, 2.75) is 25.8 Å². The van der Waals surface area contributed by atoms with Crippen molar-refractivity contribution in [2.75, 3.05) is 26.8 Å². The molecule has 1 aromatic heterocycles. The predicted molar refractivity (Wildman–Crippen MR) is 115 cm³/mol. The summed E-state index contributed by atoms with van der Waals surface area (Å²) in [6.45, 7) is 3.32. The Balaban J connectivity index is 0.00000243. The molecule has 142 valence electrons.